The molecule has 2 fully saturated rings. The van der Waals surface area contributed by atoms with Gasteiger partial charge in [-0.15, -0.1) is 0 Å². The second-order valence-corrected chi connectivity index (χ2v) is 7.45. The van der Waals surface area contributed by atoms with Crippen LogP contribution in [0.1, 0.15) is 48.6 Å². The van der Waals surface area contributed by atoms with Crippen molar-refractivity contribution in [2.75, 3.05) is 44.5 Å². The molecule has 3 rings (SSSR count). The third kappa shape index (κ3) is 5.52. The molecule has 0 unspecified atom stereocenters. The van der Waals surface area contributed by atoms with E-state index in [9.17, 15) is 4.79 Å². The van der Waals surface area contributed by atoms with Gasteiger partial charge in [-0.1, -0.05) is 23.7 Å². The van der Waals surface area contributed by atoms with Gasteiger partial charge in [-0.05, 0) is 63.1 Å². The van der Waals surface area contributed by atoms with E-state index >= 15 is 0 Å². The Balaban J connectivity index is 1.83. The number of aryl methyl sites for hydroxylation is 1. The topological polar surface area (TPSA) is 47.6 Å². The van der Waals surface area contributed by atoms with Crippen LogP contribution in [0.2, 0.25) is 5.02 Å². The molecule has 2 aliphatic rings. The number of anilines is 1. The molecule has 0 bridgehead atoms. The van der Waals surface area contributed by atoms with Gasteiger partial charge in [-0.3, -0.25) is 4.90 Å². The SMILES string of the molecule is [2H]C1([2H])N(CCC2CCC(NC(=O)NC)CC2)C([2H])([2H])C([2H])([2H])N(c2cccc(C)c2Cl)C1([2H])[2H]. The molecule has 5 nitrogen and oxygen atoms in total. The number of halogens is 1. The van der Waals surface area contributed by atoms with E-state index in [-0.39, 0.29) is 35.2 Å². The number of carbonyl (C=O) groups is 1. The van der Waals surface area contributed by atoms with E-state index in [4.69, 9.17) is 22.6 Å². The summed E-state index contributed by atoms with van der Waals surface area (Å²) in [5.74, 6) is 0.130. The zero-order valence-electron chi connectivity index (χ0n) is 23.8. The maximum atomic E-state index is 11.5. The van der Waals surface area contributed by atoms with Crippen LogP contribution in [0.5, 0.6) is 0 Å². The molecule has 1 saturated heterocycles. The van der Waals surface area contributed by atoms with Gasteiger partial charge in [0.15, 0.2) is 0 Å². The van der Waals surface area contributed by atoms with E-state index < -0.39 is 26.0 Å². The molecular weight excluding hydrogens is 360 g/mol. The second-order valence-electron chi connectivity index (χ2n) is 7.07. The highest BCUT2D eigenvalue weighted by Gasteiger charge is 2.24. The molecule has 0 aromatic heterocycles. The van der Waals surface area contributed by atoms with E-state index in [1.807, 2.05) is 0 Å². The lowest BCUT2D eigenvalue weighted by Gasteiger charge is -2.37. The van der Waals surface area contributed by atoms with Crippen LogP contribution in [0, 0.1) is 12.8 Å². The predicted octanol–water partition coefficient (Wildman–Crippen LogP) is 3.65. The summed E-state index contributed by atoms with van der Waals surface area (Å²) in [7, 11) is 1.55. The number of hydrogen-bond acceptors (Lipinski definition) is 3. The van der Waals surface area contributed by atoms with Gasteiger partial charge in [0, 0.05) is 44.6 Å². The second kappa shape index (κ2) is 9.65. The Kier molecular flexibility index (Phi) is 4.35. The van der Waals surface area contributed by atoms with Crippen LogP contribution in [0.3, 0.4) is 0 Å². The highest BCUT2D eigenvalue weighted by molar-refractivity contribution is 6.34. The fourth-order valence-electron chi connectivity index (χ4n) is 3.48. The van der Waals surface area contributed by atoms with Crippen LogP contribution in [-0.4, -0.2) is 56.6 Å². The fourth-order valence-corrected chi connectivity index (χ4v) is 3.69. The van der Waals surface area contributed by atoms with Crippen LogP contribution in [0.15, 0.2) is 18.2 Å². The molecule has 1 aliphatic heterocycles. The van der Waals surface area contributed by atoms with E-state index in [0.29, 0.717) is 21.8 Å². The first-order valence-electron chi connectivity index (χ1n) is 13.4. The molecule has 1 heterocycles. The lowest BCUT2D eigenvalue weighted by Crippen LogP contribution is -2.47. The molecule has 2 N–H and O–H groups in total. The Morgan fingerprint density at radius 1 is 1.22 bits per heavy atom. The summed E-state index contributed by atoms with van der Waals surface area (Å²) in [6, 6.07) is 4.38. The molecule has 1 aromatic carbocycles. The number of benzene rings is 1. The summed E-state index contributed by atoms with van der Waals surface area (Å²) in [5, 5.41) is 5.44. The van der Waals surface area contributed by atoms with Gasteiger partial charge >= 0.3 is 6.03 Å². The highest BCUT2D eigenvalue weighted by Crippen LogP contribution is 2.30. The number of rotatable bonds is 5. The van der Waals surface area contributed by atoms with Crippen LogP contribution >= 0.6 is 11.6 Å². The molecule has 0 radical (unpaired) electrons. The quantitative estimate of drug-likeness (QED) is 0.793. The smallest absolute Gasteiger partial charge is 0.314 e. The monoisotopic (exact) mass is 400 g/mol. The third-order valence-electron chi connectivity index (χ3n) is 5.18. The molecule has 0 atom stereocenters. The normalized spacial score (nSPS) is 35.7. The van der Waals surface area contributed by atoms with Gasteiger partial charge in [0.2, 0.25) is 0 Å². The number of urea groups is 1. The Morgan fingerprint density at radius 3 is 2.59 bits per heavy atom. The van der Waals surface area contributed by atoms with Crippen molar-refractivity contribution < 1.29 is 15.8 Å². The summed E-state index contributed by atoms with van der Waals surface area (Å²) in [6.07, 6.45) is 3.35. The van der Waals surface area contributed by atoms with Crippen molar-refractivity contribution in [1.82, 2.24) is 15.5 Å². The van der Waals surface area contributed by atoms with Crippen molar-refractivity contribution in [3.05, 3.63) is 28.8 Å². The first kappa shape index (κ1) is 12.2. The fraction of sp³-hybridized carbons (Fsp3) is 0.667. The Morgan fingerprint density at radius 2 is 1.93 bits per heavy atom. The number of nitrogens with one attached hydrogen (secondary N) is 2. The minimum atomic E-state index is -2.94. The molecule has 1 saturated carbocycles. The van der Waals surface area contributed by atoms with Crippen molar-refractivity contribution in [1.29, 1.82) is 0 Å². The van der Waals surface area contributed by atoms with Crippen molar-refractivity contribution in [3.8, 4) is 0 Å². The molecule has 150 valence electrons. The molecular formula is C21H33ClN4O. The van der Waals surface area contributed by atoms with Gasteiger partial charge in [-0.25, -0.2) is 4.79 Å². The van der Waals surface area contributed by atoms with E-state index in [1.54, 1.807) is 26.1 Å². The van der Waals surface area contributed by atoms with Gasteiger partial charge in [0.25, 0.3) is 0 Å². The number of hydrogen-bond donors (Lipinski definition) is 2. The van der Waals surface area contributed by atoms with Crippen molar-refractivity contribution >= 4 is 23.3 Å². The summed E-state index contributed by atoms with van der Waals surface area (Å²) >= 11 is 6.36. The average molecular weight is 401 g/mol. The Bertz CT molecular complexity index is 912. The highest BCUT2D eigenvalue weighted by atomic mass is 35.5. The van der Waals surface area contributed by atoms with E-state index in [1.165, 1.54) is 6.07 Å². The maximum absolute atomic E-state index is 11.5. The maximum Gasteiger partial charge on any atom is 0.314 e. The standard InChI is InChI=1S/C21H33ClN4O/c1-16-4-3-5-19(20(16)22)26-14-12-25(13-15-26)11-10-17-6-8-18(9-7-17)24-21(27)23-2/h3-5,17-18H,6-15H2,1-2H3,(H2,23,24,27)/i12D2,13D2,14D2,15D2. The number of amides is 2. The summed E-state index contributed by atoms with van der Waals surface area (Å²) < 4.78 is 69.2. The first-order valence-corrected chi connectivity index (χ1v) is 9.78. The minimum absolute atomic E-state index is 0.0370. The largest absolute Gasteiger partial charge is 0.368 e. The van der Waals surface area contributed by atoms with E-state index in [0.717, 1.165) is 25.7 Å². The molecule has 1 aliphatic carbocycles. The van der Waals surface area contributed by atoms with Crippen LogP contribution in [0.4, 0.5) is 10.5 Å². The molecule has 2 amide bonds. The van der Waals surface area contributed by atoms with Crippen molar-refractivity contribution in [2.45, 2.75) is 45.1 Å². The van der Waals surface area contributed by atoms with Crippen molar-refractivity contribution in [3.63, 3.8) is 0 Å². The molecule has 6 heteroatoms. The summed E-state index contributed by atoms with van der Waals surface area (Å²) in [4.78, 5) is 12.7. The van der Waals surface area contributed by atoms with Gasteiger partial charge in [0.05, 0.1) is 16.2 Å². The number of carbonyl (C=O) groups excluding carboxylic acids is 1. The summed E-state index contributed by atoms with van der Waals surface area (Å²) in [5.41, 5.74) is 0.442. The molecule has 1 aromatic rings. The zero-order chi connectivity index (χ0) is 26.4. The summed E-state index contributed by atoms with van der Waals surface area (Å²) in [6.45, 7) is -10.1. The third-order valence-corrected chi connectivity index (χ3v) is 5.67. The lowest BCUT2D eigenvalue weighted by molar-refractivity contribution is 0.206. The first-order chi connectivity index (χ1) is 16.1. The van der Waals surface area contributed by atoms with Crippen LogP contribution < -0.4 is 15.5 Å². The molecule has 27 heavy (non-hydrogen) atoms. The average Bonchev–Trinajstić information content (AvgIpc) is 2.76. The molecule has 0 spiro atoms. The van der Waals surface area contributed by atoms with Crippen LogP contribution in [0.25, 0.3) is 0 Å². The predicted molar refractivity (Wildman–Crippen MR) is 113 cm³/mol. The van der Waals surface area contributed by atoms with Crippen LogP contribution in [-0.2, 0) is 0 Å². The lowest BCUT2D eigenvalue weighted by atomic mass is 9.84. The van der Waals surface area contributed by atoms with Gasteiger partial charge in [-0.2, -0.15) is 0 Å². The number of nitrogens with zero attached hydrogens (tertiary/aromatic N) is 2. The number of piperazine rings is 1. The Labute approximate surface area is 179 Å². The van der Waals surface area contributed by atoms with Gasteiger partial charge < -0.3 is 15.5 Å². The van der Waals surface area contributed by atoms with E-state index in [2.05, 4.69) is 10.6 Å². The Hall–Kier alpha value is -1.46. The minimum Gasteiger partial charge on any atom is -0.368 e. The zero-order valence-corrected chi connectivity index (χ0v) is 16.6. The van der Waals surface area contributed by atoms with Gasteiger partial charge in [0.1, 0.15) is 0 Å². The van der Waals surface area contributed by atoms with Crippen molar-refractivity contribution in [2.24, 2.45) is 5.92 Å².